The fourth-order valence-corrected chi connectivity index (χ4v) is 1.83. The summed E-state index contributed by atoms with van der Waals surface area (Å²) in [5, 5.41) is 0. The first-order valence-electron chi connectivity index (χ1n) is 4.51. The molecule has 1 fully saturated rings. The van der Waals surface area contributed by atoms with Gasteiger partial charge in [0.25, 0.3) is 0 Å². The van der Waals surface area contributed by atoms with Gasteiger partial charge >= 0.3 is 0 Å². The lowest BCUT2D eigenvalue weighted by Crippen LogP contribution is -1.85. The molecule has 1 saturated carbocycles. The second kappa shape index (κ2) is 3.53. The second-order valence-corrected chi connectivity index (χ2v) is 4.38. The van der Waals surface area contributed by atoms with Crippen LogP contribution in [0.2, 0.25) is 0 Å². The number of thioether (sulfide) groups is 1. The second-order valence-electron chi connectivity index (χ2n) is 3.50. The minimum Gasteiger partial charge on any atom is -0.130 e. The molecule has 1 aliphatic carbocycles. The van der Waals surface area contributed by atoms with Gasteiger partial charge in [-0.25, -0.2) is 0 Å². The molecule has 1 aliphatic rings. The molecule has 0 nitrogen and oxygen atoms in total. The van der Waals surface area contributed by atoms with E-state index in [9.17, 15) is 0 Å². The Morgan fingerprint density at radius 2 is 1.92 bits per heavy atom. The van der Waals surface area contributed by atoms with Crippen molar-refractivity contribution in [3.8, 4) is 0 Å². The van der Waals surface area contributed by atoms with Crippen LogP contribution in [0, 0.1) is 5.92 Å². The summed E-state index contributed by atoms with van der Waals surface area (Å²) < 4.78 is 0. The van der Waals surface area contributed by atoms with Gasteiger partial charge in [0.15, 0.2) is 0 Å². The van der Waals surface area contributed by atoms with Gasteiger partial charge in [-0.05, 0) is 49.1 Å². The van der Waals surface area contributed by atoms with Crippen LogP contribution in [0.15, 0.2) is 29.2 Å². The Bertz CT molecular complexity index is 246. The minimum absolute atomic E-state index is 1.00. The highest BCUT2D eigenvalue weighted by Gasteiger charge is 2.20. The van der Waals surface area contributed by atoms with Crippen molar-refractivity contribution >= 4 is 11.8 Å². The van der Waals surface area contributed by atoms with E-state index >= 15 is 0 Å². The third kappa shape index (κ3) is 2.04. The van der Waals surface area contributed by atoms with Crippen molar-refractivity contribution in [2.75, 3.05) is 6.26 Å². The monoisotopic (exact) mass is 178 g/mol. The zero-order chi connectivity index (χ0) is 8.39. The van der Waals surface area contributed by atoms with Crippen LogP contribution in [0.25, 0.3) is 0 Å². The van der Waals surface area contributed by atoms with E-state index in [1.165, 1.54) is 29.7 Å². The lowest BCUT2D eigenvalue weighted by Gasteiger charge is -2.00. The SMILES string of the molecule is CSc1ccc(CC2CC2)cc1. The van der Waals surface area contributed by atoms with E-state index in [-0.39, 0.29) is 0 Å². The third-order valence-corrected chi connectivity index (χ3v) is 3.12. The highest BCUT2D eigenvalue weighted by Crippen LogP contribution is 2.32. The number of hydrogen-bond acceptors (Lipinski definition) is 1. The van der Waals surface area contributed by atoms with Gasteiger partial charge in [-0.15, -0.1) is 11.8 Å². The molecule has 1 heteroatoms. The topological polar surface area (TPSA) is 0 Å². The minimum atomic E-state index is 1.00. The molecule has 0 spiro atoms. The summed E-state index contributed by atoms with van der Waals surface area (Å²) in [7, 11) is 0. The smallest absolute Gasteiger partial charge is 0.00693 e. The molecule has 0 radical (unpaired) electrons. The van der Waals surface area contributed by atoms with Crippen LogP contribution in [0.1, 0.15) is 18.4 Å². The first-order chi connectivity index (χ1) is 5.88. The Balaban J connectivity index is 2.02. The van der Waals surface area contributed by atoms with Crippen molar-refractivity contribution < 1.29 is 0 Å². The summed E-state index contributed by atoms with van der Waals surface area (Å²) in [6.45, 7) is 0. The summed E-state index contributed by atoms with van der Waals surface area (Å²) >= 11 is 1.81. The van der Waals surface area contributed by atoms with E-state index in [4.69, 9.17) is 0 Å². The van der Waals surface area contributed by atoms with E-state index in [0.717, 1.165) is 5.92 Å². The summed E-state index contributed by atoms with van der Waals surface area (Å²) in [5.74, 6) is 1.00. The molecule has 0 atom stereocenters. The molecule has 0 aromatic heterocycles. The fraction of sp³-hybridized carbons (Fsp3) is 0.455. The first kappa shape index (κ1) is 8.18. The Hall–Kier alpha value is -0.430. The lowest BCUT2D eigenvalue weighted by atomic mass is 10.1. The lowest BCUT2D eigenvalue weighted by molar-refractivity contribution is 0.831. The van der Waals surface area contributed by atoms with E-state index in [2.05, 4.69) is 30.5 Å². The molecule has 12 heavy (non-hydrogen) atoms. The molecule has 0 unspecified atom stereocenters. The van der Waals surface area contributed by atoms with Gasteiger partial charge in [-0.2, -0.15) is 0 Å². The quantitative estimate of drug-likeness (QED) is 0.639. The average molecular weight is 178 g/mol. The van der Waals surface area contributed by atoms with E-state index in [1.54, 1.807) is 0 Å². The van der Waals surface area contributed by atoms with Crippen LogP contribution in [0.5, 0.6) is 0 Å². The van der Waals surface area contributed by atoms with Gasteiger partial charge < -0.3 is 0 Å². The van der Waals surface area contributed by atoms with Crippen molar-refractivity contribution in [3.63, 3.8) is 0 Å². The molecule has 64 valence electrons. The molecular weight excluding hydrogens is 164 g/mol. The van der Waals surface area contributed by atoms with Crippen LogP contribution in [0.4, 0.5) is 0 Å². The largest absolute Gasteiger partial charge is 0.130 e. The van der Waals surface area contributed by atoms with Gasteiger partial charge in [0, 0.05) is 4.90 Å². The Morgan fingerprint density at radius 1 is 1.25 bits per heavy atom. The zero-order valence-electron chi connectivity index (χ0n) is 7.42. The molecule has 0 aliphatic heterocycles. The summed E-state index contributed by atoms with van der Waals surface area (Å²) in [4.78, 5) is 1.37. The predicted octanol–water partition coefficient (Wildman–Crippen LogP) is 3.36. The van der Waals surface area contributed by atoms with Crippen LogP contribution in [0.3, 0.4) is 0 Å². The first-order valence-corrected chi connectivity index (χ1v) is 5.74. The van der Waals surface area contributed by atoms with Crippen LogP contribution < -0.4 is 0 Å². The van der Waals surface area contributed by atoms with E-state index < -0.39 is 0 Å². The molecular formula is C11H14S. The molecule has 2 rings (SSSR count). The van der Waals surface area contributed by atoms with Gasteiger partial charge in [0.1, 0.15) is 0 Å². The summed E-state index contributed by atoms with van der Waals surface area (Å²) in [6.07, 6.45) is 6.32. The molecule has 1 aromatic rings. The van der Waals surface area contributed by atoms with Gasteiger partial charge in [-0.1, -0.05) is 12.1 Å². The molecule has 1 aromatic carbocycles. The van der Waals surface area contributed by atoms with Gasteiger partial charge in [0.2, 0.25) is 0 Å². The van der Waals surface area contributed by atoms with Gasteiger partial charge in [0.05, 0.1) is 0 Å². The number of benzene rings is 1. The molecule has 0 N–H and O–H groups in total. The van der Waals surface area contributed by atoms with Crippen LogP contribution in [-0.2, 0) is 6.42 Å². The maximum atomic E-state index is 2.27. The Morgan fingerprint density at radius 3 is 2.42 bits per heavy atom. The summed E-state index contributed by atoms with van der Waals surface area (Å²) in [5.41, 5.74) is 1.51. The predicted molar refractivity (Wildman–Crippen MR) is 54.7 cm³/mol. The number of rotatable bonds is 3. The Kier molecular flexibility index (Phi) is 2.40. The van der Waals surface area contributed by atoms with Crippen LogP contribution >= 0.6 is 11.8 Å². The summed E-state index contributed by atoms with van der Waals surface area (Å²) in [6, 6.07) is 8.99. The standard InChI is InChI=1S/C11H14S/c1-12-11-6-4-10(5-7-11)8-9-2-3-9/h4-7,9H,2-3,8H2,1H3. The van der Waals surface area contributed by atoms with Gasteiger partial charge in [-0.3, -0.25) is 0 Å². The van der Waals surface area contributed by atoms with Crippen molar-refractivity contribution in [2.45, 2.75) is 24.2 Å². The average Bonchev–Trinajstić information content (AvgIpc) is 2.90. The van der Waals surface area contributed by atoms with Crippen molar-refractivity contribution in [2.24, 2.45) is 5.92 Å². The molecule has 0 bridgehead atoms. The highest BCUT2D eigenvalue weighted by molar-refractivity contribution is 7.98. The van der Waals surface area contributed by atoms with Crippen LogP contribution in [-0.4, -0.2) is 6.26 Å². The van der Waals surface area contributed by atoms with Crippen molar-refractivity contribution in [3.05, 3.63) is 29.8 Å². The van der Waals surface area contributed by atoms with Crippen molar-refractivity contribution in [1.29, 1.82) is 0 Å². The number of hydrogen-bond donors (Lipinski definition) is 0. The normalized spacial score (nSPS) is 16.4. The molecule has 0 heterocycles. The maximum absolute atomic E-state index is 2.27. The molecule has 0 saturated heterocycles. The molecule has 0 amide bonds. The zero-order valence-corrected chi connectivity index (χ0v) is 8.23. The van der Waals surface area contributed by atoms with E-state index in [0.29, 0.717) is 0 Å². The van der Waals surface area contributed by atoms with Crippen molar-refractivity contribution in [1.82, 2.24) is 0 Å². The van der Waals surface area contributed by atoms with E-state index in [1.807, 2.05) is 11.8 Å². The fourth-order valence-electron chi connectivity index (χ4n) is 1.42. The Labute approximate surface area is 78.4 Å². The third-order valence-electron chi connectivity index (χ3n) is 2.38. The maximum Gasteiger partial charge on any atom is 0.00693 e. The highest BCUT2D eigenvalue weighted by atomic mass is 32.2.